The Balaban J connectivity index is 4.00. The summed E-state index contributed by atoms with van der Waals surface area (Å²) in [7, 11) is 0. The summed E-state index contributed by atoms with van der Waals surface area (Å²) in [5.41, 5.74) is 1.28. The summed E-state index contributed by atoms with van der Waals surface area (Å²) in [6.45, 7) is 11.6. The summed E-state index contributed by atoms with van der Waals surface area (Å²) in [5.74, 6) is -0.348. The Morgan fingerprint density at radius 3 is 2.64 bits per heavy atom. The highest BCUT2D eigenvalue weighted by Crippen LogP contribution is 2.03. The minimum atomic E-state index is -0.348. The van der Waals surface area contributed by atoms with Gasteiger partial charge in [0.1, 0.15) is 0 Å². The molecule has 0 saturated carbocycles. The van der Waals surface area contributed by atoms with Crippen LogP contribution in [0.25, 0.3) is 0 Å². The molecule has 0 radical (unpaired) electrons. The van der Waals surface area contributed by atoms with Gasteiger partial charge in [-0.3, -0.25) is 0 Å². The Bertz CT molecular complexity index is 249. The molecule has 0 heterocycles. The fourth-order valence-electron chi connectivity index (χ4n) is 0.795. The summed E-state index contributed by atoms with van der Waals surface area (Å²) in [6.07, 6.45) is 5.25. The quantitative estimate of drug-likeness (QED) is 0.281. The maximum Gasteiger partial charge on any atom is 0.337 e. The standard InChI is InChI=1S/C12H18O2/c1-5-7-8-14-12(13)11(4)9-10(3)6-2/h6,9H,2,4-5,7-8H2,1,3H3/b10-9+. The largest absolute Gasteiger partial charge is 0.462 e. The molecule has 2 nitrogen and oxygen atoms in total. The average molecular weight is 194 g/mol. The number of carbonyl (C=O) groups excluding carboxylic acids is 1. The molecule has 0 aromatic rings. The van der Waals surface area contributed by atoms with Gasteiger partial charge in [0.15, 0.2) is 0 Å². The van der Waals surface area contributed by atoms with Crippen LogP contribution in [0.1, 0.15) is 26.7 Å². The lowest BCUT2D eigenvalue weighted by atomic mass is 10.2. The molecule has 0 atom stereocenters. The van der Waals surface area contributed by atoms with Gasteiger partial charge in [-0.05, 0) is 19.4 Å². The Morgan fingerprint density at radius 2 is 2.14 bits per heavy atom. The Labute approximate surface area is 86.0 Å². The molecule has 2 heteroatoms. The van der Waals surface area contributed by atoms with Crippen LogP contribution in [0.15, 0.2) is 36.5 Å². The molecular formula is C12H18O2. The number of allylic oxidation sites excluding steroid dienone is 2. The van der Waals surface area contributed by atoms with E-state index in [0.717, 1.165) is 18.4 Å². The number of carbonyl (C=O) groups is 1. The molecule has 0 aliphatic heterocycles. The highest BCUT2D eigenvalue weighted by molar-refractivity contribution is 5.91. The molecule has 0 aliphatic carbocycles. The van der Waals surface area contributed by atoms with Crippen LogP contribution in [0.5, 0.6) is 0 Å². The van der Waals surface area contributed by atoms with E-state index in [-0.39, 0.29) is 5.97 Å². The number of hydrogen-bond acceptors (Lipinski definition) is 2. The molecule has 0 amide bonds. The molecule has 0 bridgehead atoms. The fraction of sp³-hybridized carbons (Fsp3) is 0.417. The molecule has 0 aromatic carbocycles. The lowest BCUT2D eigenvalue weighted by molar-refractivity contribution is -0.138. The van der Waals surface area contributed by atoms with Gasteiger partial charge >= 0.3 is 5.97 Å². The van der Waals surface area contributed by atoms with E-state index in [2.05, 4.69) is 13.2 Å². The van der Waals surface area contributed by atoms with Crippen LogP contribution in [0, 0.1) is 0 Å². The van der Waals surface area contributed by atoms with E-state index in [1.807, 2.05) is 13.8 Å². The van der Waals surface area contributed by atoms with E-state index < -0.39 is 0 Å². The van der Waals surface area contributed by atoms with Crippen molar-refractivity contribution in [2.75, 3.05) is 6.61 Å². The molecule has 0 unspecified atom stereocenters. The highest BCUT2D eigenvalue weighted by atomic mass is 16.5. The first kappa shape index (κ1) is 12.7. The van der Waals surface area contributed by atoms with Crippen LogP contribution >= 0.6 is 0 Å². The van der Waals surface area contributed by atoms with Gasteiger partial charge in [0, 0.05) is 0 Å². The maximum atomic E-state index is 11.3. The third-order valence-corrected chi connectivity index (χ3v) is 1.72. The summed E-state index contributed by atoms with van der Waals surface area (Å²) in [5, 5.41) is 0. The van der Waals surface area contributed by atoms with Crippen molar-refractivity contribution in [3.8, 4) is 0 Å². The zero-order valence-electron chi connectivity index (χ0n) is 9.01. The third kappa shape index (κ3) is 5.36. The summed E-state index contributed by atoms with van der Waals surface area (Å²) < 4.78 is 4.97. The van der Waals surface area contributed by atoms with Crippen LogP contribution in [0.4, 0.5) is 0 Å². The molecule has 0 spiro atoms. The minimum Gasteiger partial charge on any atom is -0.462 e. The van der Waals surface area contributed by atoms with E-state index >= 15 is 0 Å². The van der Waals surface area contributed by atoms with Gasteiger partial charge < -0.3 is 4.74 Å². The van der Waals surface area contributed by atoms with Gasteiger partial charge in [-0.1, -0.05) is 38.2 Å². The average Bonchev–Trinajstić information content (AvgIpc) is 2.17. The molecule has 78 valence electrons. The maximum absolute atomic E-state index is 11.3. The zero-order valence-corrected chi connectivity index (χ0v) is 9.01. The van der Waals surface area contributed by atoms with Gasteiger partial charge in [0.25, 0.3) is 0 Å². The molecular weight excluding hydrogens is 176 g/mol. The molecule has 0 fully saturated rings. The summed E-state index contributed by atoms with van der Waals surface area (Å²) >= 11 is 0. The molecule has 0 rings (SSSR count). The molecule has 14 heavy (non-hydrogen) atoms. The summed E-state index contributed by atoms with van der Waals surface area (Å²) in [4.78, 5) is 11.3. The Hall–Kier alpha value is -1.31. The second-order valence-electron chi connectivity index (χ2n) is 3.11. The third-order valence-electron chi connectivity index (χ3n) is 1.72. The number of hydrogen-bond donors (Lipinski definition) is 0. The van der Waals surface area contributed by atoms with Crippen molar-refractivity contribution >= 4 is 5.97 Å². The van der Waals surface area contributed by atoms with Crippen molar-refractivity contribution in [2.24, 2.45) is 0 Å². The van der Waals surface area contributed by atoms with Gasteiger partial charge in [-0.15, -0.1) is 0 Å². The first-order valence-electron chi connectivity index (χ1n) is 4.78. The molecule has 0 N–H and O–H groups in total. The molecule has 0 saturated heterocycles. The second kappa shape index (κ2) is 7.13. The first-order valence-corrected chi connectivity index (χ1v) is 4.78. The SMILES string of the molecule is C=C/C(C)=C/C(=C)C(=O)OCCCC. The van der Waals surface area contributed by atoms with E-state index in [4.69, 9.17) is 4.74 Å². The number of esters is 1. The normalized spacial score (nSPS) is 10.9. The monoisotopic (exact) mass is 194 g/mol. The molecule has 0 aromatic heterocycles. The van der Waals surface area contributed by atoms with E-state index in [1.54, 1.807) is 12.2 Å². The predicted octanol–water partition coefficient (Wildman–Crippen LogP) is 3.02. The number of ether oxygens (including phenoxy) is 1. The lowest BCUT2D eigenvalue weighted by Gasteiger charge is -2.03. The van der Waals surface area contributed by atoms with Gasteiger partial charge in [0.2, 0.25) is 0 Å². The highest BCUT2D eigenvalue weighted by Gasteiger charge is 2.04. The van der Waals surface area contributed by atoms with Crippen LogP contribution in [0.2, 0.25) is 0 Å². The second-order valence-corrected chi connectivity index (χ2v) is 3.11. The smallest absolute Gasteiger partial charge is 0.337 e. The van der Waals surface area contributed by atoms with Crippen LogP contribution in [-0.2, 0) is 9.53 Å². The fourth-order valence-corrected chi connectivity index (χ4v) is 0.795. The summed E-state index contributed by atoms with van der Waals surface area (Å²) in [6, 6.07) is 0. The minimum absolute atomic E-state index is 0.348. The van der Waals surface area contributed by atoms with Gasteiger partial charge in [-0.2, -0.15) is 0 Å². The zero-order chi connectivity index (χ0) is 11.0. The van der Waals surface area contributed by atoms with Crippen molar-refractivity contribution in [3.05, 3.63) is 36.5 Å². The van der Waals surface area contributed by atoms with Crippen LogP contribution < -0.4 is 0 Å². The Kier molecular flexibility index (Phi) is 6.46. The van der Waals surface area contributed by atoms with Crippen molar-refractivity contribution in [2.45, 2.75) is 26.7 Å². The first-order chi connectivity index (χ1) is 6.61. The van der Waals surface area contributed by atoms with Crippen LogP contribution in [0.3, 0.4) is 0 Å². The van der Waals surface area contributed by atoms with Crippen molar-refractivity contribution in [3.63, 3.8) is 0 Å². The van der Waals surface area contributed by atoms with Crippen molar-refractivity contribution in [1.82, 2.24) is 0 Å². The van der Waals surface area contributed by atoms with Gasteiger partial charge in [0.05, 0.1) is 12.2 Å². The van der Waals surface area contributed by atoms with E-state index in [9.17, 15) is 4.79 Å². The van der Waals surface area contributed by atoms with E-state index in [1.165, 1.54) is 0 Å². The van der Waals surface area contributed by atoms with E-state index in [0.29, 0.717) is 12.2 Å². The van der Waals surface area contributed by atoms with Gasteiger partial charge in [-0.25, -0.2) is 4.79 Å². The van der Waals surface area contributed by atoms with Crippen molar-refractivity contribution in [1.29, 1.82) is 0 Å². The Morgan fingerprint density at radius 1 is 1.50 bits per heavy atom. The predicted molar refractivity (Wildman–Crippen MR) is 59.0 cm³/mol. The van der Waals surface area contributed by atoms with Crippen LogP contribution in [-0.4, -0.2) is 12.6 Å². The molecule has 0 aliphatic rings. The number of rotatable bonds is 6. The lowest BCUT2D eigenvalue weighted by Crippen LogP contribution is -2.06. The topological polar surface area (TPSA) is 26.3 Å². The van der Waals surface area contributed by atoms with Crippen molar-refractivity contribution < 1.29 is 9.53 Å². The number of unbranched alkanes of at least 4 members (excludes halogenated alkanes) is 1.